The van der Waals surface area contributed by atoms with E-state index in [4.69, 9.17) is 27.4 Å². The molecule has 2 aromatic heterocycles. The molecule has 1 unspecified atom stereocenters. The van der Waals surface area contributed by atoms with Crippen LogP contribution < -0.4 is 9.80 Å². The van der Waals surface area contributed by atoms with Gasteiger partial charge in [0.15, 0.2) is 5.82 Å². The maximum absolute atomic E-state index is 8.90. The molecule has 1 fully saturated rings. The molecule has 0 radical (unpaired) electrons. The number of nitrogens with one attached hydrogen (secondary N) is 2. The Bertz CT molecular complexity index is 1200. The van der Waals surface area contributed by atoms with Gasteiger partial charge < -0.3 is 4.90 Å². The summed E-state index contributed by atoms with van der Waals surface area (Å²) in [4.78, 5) is 17.9. The number of fused-ring (bicyclic) bond motifs is 3. The molecular weight excluding hydrogens is 412 g/mol. The second kappa shape index (κ2) is 7.16. The van der Waals surface area contributed by atoms with Crippen molar-refractivity contribution in [2.75, 3.05) is 16.3 Å². The standard InChI is InChI=1S/C22H23ClN8/c1-3-22-8-5-10-30(22)19-17(31(14(2)24)20(22)25)13-27-21(28-19)29-11-9-26-18(29)15-6-4-7-16(23)12-15/h4,6-7,9,11-13,24-25H,3,5,8,10H2,1-2H3. The molecule has 0 saturated carbocycles. The summed E-state index contributed by atoms with van der Waals surface area (Å²) >= 11 is 6.19. The summed E-state index contributed by atoms with van der Waals surface area (Å²) in [5.41, 5.74) is 1.12. The zero-order valence-corrected chi connectivity index (χ0v) is 18.2. The topological polar surface area (TPSA) is 97.8 Å². The summed E-state index contributed by atoms with van der Waals surface area (Å²) in [5, 5.41) is 17.8. The van der Waals surface area contributed by atoms with Gasteiger partial charge in [-0.05, 0) is 38.3 Å². The molecule has 0 amide bonds. The molecule has 2 aliphatic heterocycles. The lowest BCUT2D eigenvalue weighted by Gasteiger charge is -2.48. The molecule has 9 heteroatoms. The van der Waals surface area contributed by atoms with Crippen LogP contribution >= 0.6 is 11.6 Å². The average Bonchev–Trinajstić information content (AvgIpc) is 3.42. The number of hydrogen-bond donors (Lipinski definition) is 2. The van der Waals surface area contributed by atoms with E-state index >= 15 is 0 Å². The summed E-state index contributed by atoms with van der Waals surface area (Å²) in [5.74, 6) is 2.70. The normalized spacial score (nSPS) is 20.0. The first-order chi connectivity index (χ1) is 15.0. The van der Waals surface area contributed by atoms with Gasteiger partial charge in [-0.1, -0.05) is 30.7 Å². The molecule has 5 rings (SSSR count). The van der Waals surface area contributed by atoms with Gasteiger partial charge in [0.05, 0.1) is 11.7 Å². The van der Waals surface area contributed by atoms with E-state index in [2.05, 4.69) is 21.8 Å². The Kier molecular flexibility index (Phi) is 4.55. The van der Waals surface area contributed by atoms with Crippen LogP contribution in [0.2, 0.25) is 5.02 Å². The molecule has 2 aliphatic rings. The van der Waals surface area contributed by atoms with Gasteiger partial charge in [0.1, 0.15) is 23.2 Å². The summed E-state index contributed by atoms with van der Waals surface area (Å²) in [6.45, 7) is 4.63. The van der Waals surface area contributed by atoms with Crippen LogP contribution in [-0.2, 0) is 0 Å². The lowest BCUT2D eigenvalue weighted by Crippen LogP contribution is -2.61. The first-order valence-corrected chi connectivity index (χ1v) is 10.7. The van der Waals surface area contributed by atoms with E-state index in [1.165, 1.54) is 0 Å². The highest BCUT2D eigenvalue weighted by Gasteiger charge is 2.51. The Morgan fingerprint density at radius 3 is 2.87 bits per heavy atom. The first kappa shape index (κ1) is 19.7. The summed E-state index contributed by atoms with van der Waals surface area (Å²) in [7, 11) is 0. The molecule has 0 aliphatic carbocycles. The quantitative estimate of drug-likeness (QED) is 0.466. The molecule has 1 saturated heterocycles. The van der Waals surface area contributed by atoms with Crippen LogP contribution in [0.4, 0.5) is 11.5 Å². The van der Waals surface area contributed by atoms with Crippen LogP contribution in [0.25, 0.3) is 17.3 Å². The monoisotopic (exact) mass is 434 g/mol. The minimum Gasteiger partial charge on any atom is -0.342 e. The molecule has 2 N–H and O–H groups in total. The van der Waals surface area contributed by atoms with Gasteiger partial charge in [-0.25, -0.2) is 9.97 Å². The van der Waals surface area contributed by atoms with Gasteiger partial charge in [-0.3, -0.25) is 20.3 Å². The Hall–Kier alpha value is -3.26. The highest BCUT2D eigenvalue weighted by Crippen LogP contribution is 2.46. The predicted molar refractivity (Wildman–Crippen MR) is 123 cm³/mol. The number of halogens is 1. The Labute approximate surface area is 185 Å². The van der Waals surface area contributed by atoms with Crippen molar-refractivity contribution in [1.82, 2.24) is 19.5 Å². The molecule has 4 heterocycles. The third-order valence-corrected chi connectivity index (χ3v) is 6.48. The Morgan fingerprint density at radius 2 is 2.13 bits per heavy atom. The number of benzene rings is 1. The lowest BCUT2D eigenvalue weighted by atomic mass is 9.88. The SMILES string of the molecule is CCC12CCCN1c1nc(-n3ccnc3-c3cccc(Cl)c3)ncc1N(C(C)=N)C2=N. The molecule has 158 valence electrons. The fourth-order valence-corrected chi connectivity index (χ4v) is 4.97. The Balaban J connectivity index is 1.67. The van der Waals surface area contributed by atoms with Crippen molar-refractivity contribution in [3.8, 4) is 17.3 Å². The van der Waals surface area contributed by atoms with Crippen molar-refractivity contribution in [3.05, 3.63) is 47.9 Å². The van der Waals surface area contributed by atoms with Gasteiger partial charge in [0, 0.05) is 29.5 Å². The van der Waals surface area contributed by atoms with Gasteiger partial charge in [-0.15, -0.1) is 0 Å². The van der Waals surface area contributed by atoms with Crippen molar-refractivity contribution in [2.24, 2.45) is 0 Å². The van der Waals surface area contributed by atoms with Gasteiger partial charge in [0.25, 0.3) is 0 Å². The molecule has 0 bridgehead atoms. The van der Waals surface area contributed by atoms with Crippen molar-refractivity contribution in [1.29, 1.82) is 10.8 Å². The second-order valence-electron chi connectivity index (χ2n) is 7.92. The van der Waals surface area contributed by atoms with E-state index in [0.717, 1.165) is 37.2 Å². The molecule has 31 heavy (non-hydrogen) atoms. The molecular formula is C22H23ClN8. The number of imidazole rings is 1. The molecule has 3 aromatic rings. The van der Waals surface area contributed by atoms with Crippen molar-refractivity contribution in [2.45, 2.75) is 38.6 Å². The molecule has 1 aromatic carbocycles. The molecule has 0 spiro atoms. The number of rotatable bonds is 3. The zero-order valence-electron chi connectivity index (χ0n) is 17.4. The lowest BCUT2D eigenvalue weighted by molar-refractivity contribution is 0.525. The minimum atomic E-state index is -0.439. The van der Waals surface area contributed by atoms with Gasteiger partial charge in [0.2, 0.25) is 5.95 Å². The van der Waals surface area contributed by atoms with Gasteiger partial charge >= 0.3 is 0 Å². The van der Waals surface area contributed by atoms with Crippen LogP contribution in [0.15, 0.2) is 42.9 Å². The van der Waals surface area contributed by atoms with E-state index in [9.17, 15) is 0 Å². The van der Waals surface area contributed by atoms with Crippen LogP contribution in [0.1, 0.15) is 33.1 Å². The third kappa shape index (κ3) is 2.85. The first-order valence-electron chi connectivity index (χ1n) is 10.3. The smallest absolute Gasteiger partial charge is 0.237 e. The predicted octanol–water partition coefficient (Wildman–Crippen LogP) is 4.53. The van der Waals surface area contributed by atoms with Crippen LogP contribution in [0.5, 0.6) is 0 Å². The zero-order chi connectivity index (χ0) is 21.8. The minimum absolute atomic E-state index is 0.296. The van der Waals surface area contributed by atoms with E-state index in [1.807, 2.05) is 35.0 Å². The van der Waals surface area contributed by atoms with Crippen LogP contribution in [0, 0.1) is 10.8 Å². The van der Waals surface area contributed by atoms with Crippen molar-refractivity contribution >= 4 is 34.8 Å². The summed E-state index contributed by atoms with van der Waals surface area (Å²) in [6, 6.07) is 7.53. The summed E-state index contributed by atoms with van der Waals surface area (Å²) in [6.07, 6.45) is 7.91. The number of anilines is 2. The van der Waals surface area contributed by atoms with Gasteiger partial charge in [-0.2, -0.15) is 4.98 Å². The van der Waals surface area contributed by atoms with E-state index in [1.54, 1.807) is 24.2 Å². The fourth-order valence-electron chi connectivity index (χ4n) is 4.78. The Morgan fingerprint density at radius 1 is 1.29 bits per heavy atom. The van der Waals surface area contributed by atoms with E-state index in [-0.39, 0.29) is 0 Å². The highest BCUT2D eigenvalue weighted by atomic mass is 35.5. The molecule has 1 atom stereocenters. The maximum Gasteiger partial charge on any atom is 0.237 e. The fraction of sp³-hybridized carbons (Fsp3) is 0.318. The number of aromatic nitrogens is 4. The number of amidine groups is 2. The highest BCUT2D eigenvalue weighted by molar-refractivity contribution is 6.30. The summed E-state index contributed by atoms with van der Waals surface area (Å²) < 4.78 is 1.84. The van der Waals surface area contributed by atoms with Crippen LogP contribution in [-0.4, -0.2) is 43.3 Å². The maximum atomic E-state index is 8.90. The second-order valence-corrected chi connectivity index (χ2v) is 8.36. The third-order valence-electron chi connectivity index (χ3n) is 6.25. The molecule has 8 nitrogen and oxygen atoms in total. The van der Waals surface area contributed by atoms with E-state index in [0.29, 0.717) is 34.2 Å². The van der Waals surface area contributed by atoms with Crippen LogP contribution in [0.3, 0.4) is 0 Å². The largest absolute Gasteiger partial charge is 0.342 e. The van der Waals surface area contributed by atoms with Crippen molar-refractivity contribution in [3.63, 3.8) is 0 Å². The van der Waals surface area contributed by atoms with Crippen molar-refractivity contribution < 1.29 is 0 Å². The number of hydrogen-bond acceptors (Lipinski definition) is 6. The number of nitrogens with zero attached hydrogens (tertiary/aromatic N) is 6. The van der Waals surface area contributed by atoms with E-state index < -0.39 is 5.54 Å². The average molecular weight is 435 g/mol.